The van der Waals surface area contributed by atoms with Gasteiger partial charge in [-0.1, -0.05) is 85.8 Å². The highest BCUT2D eigenvalue weighted by atomic mass is 28.4. The Labute approximate surface area is 259 Å². The van der Waals surface area contributed by atoms with Gasteiger partial charge in [-0.15, -0.1) is 0 Å². The van der Waals surface area contributed by atoms with Gasteiger partial charge < -0.3 is 18.7 Å². The van der Waals surface area contributed by atoms with Crippen LogP contribution in [0, 0.1) is 12.3 Å². The lowest BCUT2D eigenvalue weighted by molar-refractivity contribution is -0.217. The minimum atomic E-state index is -2.04. The Hall–Kier alpha value is -1.03. The lowest BCUT2D eigenvalue weighted by Crippen LogP contribution is -2.58. The molecule has 42 heavy (non-hydrogen) atoms. The van der Waals surface area contributed by atoms with Crippen LogP contribution < -0.4 is 0 Å². The monoisotopic (exact) mass is 612 g/mol. The largest absolute Gasteiger partial charge is 0.414 e. The molecule has 1 fully saturated rings. The van der Waals surface area contributed by atoms with E-state index < -0.39 is 33.4 Å². The molecule has 1 N–H and O–H groups in total. The molecule has 4 rings (SSSR count). The standard InChI is InChI=1S/C36H60O4Si2/c1-27-14-15-29(22-30(27)28-16-18-33(8,9)19-17-28)36(37)23-34(25-38-41(10,11)31(2,3)4)20-21-35(24-36,40-34)26-39-42(12,13)32(5,6)7/h14-16,20-22,37H,17-19,23-26H2,1-13H3/t34-,35+,36+. The topological polar surface area (TPSA) is 47.9 Å². The second-order valence-corrected chi connectivity index (χ2v) is 27.3. The molecule has 3 atom stereocenters. The molecule has 0 unspecified atom stereocenters. The van der Waals surface area contributed by atoms with E-state index in [1.54, 1.807) is 0 Å². The number of hydrogen-bond acceptors (Lipinski definition) is 4. The fourth-order valence-corrected chi connectivity index (χ4v) is 8.17. The molecule has 2 bridgehead atoms. The molecule has 6 heteroatoms. The maximum Gasteiger partial charge on any atom is 0.192 e. The van der Waals surface area contributed by atoms with E-state index in [4.69, 9.17) is 13.6 Å². The van der Waals surface area contributed by atoms with Crippen LogP contribution in [0.15, 0.2) is 36.4 Å². The molecule has 4 nitrogen and oxygen atoms in total. The van der Waals surface area contributed by atoms with Gasteiger partial charge in [0.2, 0.25) is 0 Å². The van der Waals surface area contributed by atoms with E-state index in [2.05, 4.69) is 125 Å². The molecule has 0 saturated carbocycles. The van der Waals surface area contributed by atoms with Crippen molar-refractivity contribution in [1.82, 2.24) is 0 Å². The molecular formula is C36H60O4Si2. The first kappa shape index (κ1) is 33.9. The number of rotatable bonds is 8. The Kier molecular flexibility index (Phi) is 8.71. The first-order valence-corrected chi connectivity index (χ1v) is 22.0. The average molecular weight is 613 g/mol. The van der Waals surface area contributed by atoms with E-state index in [0.717, 1.165) is 18.4 Å². The minimum Gasteiger partial charge on any atom is -0.414 e. The maximum absolute atomic E-state index is 12.7. The Morgan fingerprint density at radius 2 is 1.36 bits per heavy atom. The Balaban J connectivity index is 1.71. The summed E-state index contributed by atoms with van der Waals surface area (Å²) in [6.07, 6.45) is 11.1. The molecule has 1 saturated heterocycles. The summed E-state index contributed by atoms with van der Waals surface area (Å²) in [5, 5.41) is 12.9. The summed E-state index contributed by atoms with van der Waals surface area (Å²) in [4.78, 5) is 0. The fourth-order valence-electron chi connectivity index (χ4n) is 6.10. The minimum absolute atomic E-state index is 0.0909. The normalized spacial score (nSPS) is 30.0. The van der Waals surface area contributed by atoms with E-state index in [1.807, 2.05) is 0 Å². The summed E-state index contributed by atoms with van der Waals surface area (Å²) in [6.45, 7) is 30.6. The van der Waals surface area contributed by atoms with Gasteiger partial charge in [0.15, 0.2) is 16.6 Å². The Morgan fingerprint density at radius 1 is 0.857 bits per heavy atom. The Morgan fingerprint density at radius 3 is 1.79 bits per heavy atom. The first-order chi connectivity index (χ1) is 18.9. The quantitative estimate of drug-likeness (QED) is 0.235. The third kappa shape index (κ3) is 6.79. The summed E-state index contributed by atoms with van der Waals surface area (Å²) < 4.78 is 20.6. The Bertz CT molecular complexity index is 1180. The number of allylic oxidation sites excluding steroid dienone is 2. The lowest BCUT2D eigenvalue weighted by Gasteiger charge is -2.51. The second-order valence-electron chi connectivity index (χ2n) is 17.7. The molecule has 0 aromatic heterocycles. The van der Waals surface area contributed by atoms with E-state index in [0.29, 0.717) is 31.5 Å². The van der Waals surface area contributed by atoms with Crippen molar-refractivity contribution in [3.63, 3.8) is 0 Å². The number of aryl methyl sites for hydroxylation is 1. The molecule has 1 aromatic rings. The number of benzene rings is 1. The van der Waals surface area contributed by atoms with Crippen LogP contribution in [0.3, 0.4) is 0 Å². The van der Waals surface area contributed by atoms with Gasteiger partial charge >= 0.3 is 0 Å². The highest BCUT2D eigenvalue weighted by Crippen LogP contribution is 2.54. The highest BCUT2D eigenvalue weighted by Gasteiger charge is 2.59. The average Bonchev–Trinajstić information content (AvgIpc) is 3.12. The lowest BCUT2D eigenvalue weighted by atomic mass is 9.73. The fraction of sp³-hybridized carbons (Fsp3) is 0.722. The van der Waals surface area contributed by atoms with Crippen LogP contribution in [-0.2, 0) is 19.2 Å². The molecular weight excluding hydrogens is 553 g/mol. The first-order valence-electron chi connectivity index (χ1n) is 16.1. The van der Waals surface area contributed by atoms with E-state index in [-0.39, 0.29) is 10.1 Å². The van der Waals surface area contributed by atoms with Crippen molar-refractivity contribution >= 4 is 22.2 Å². The molecule has 0 radical (unpaired) electrons. The predicted octanol–water partition coefficient (Wildman–Crippen LogP) is 9.68. The highest BCUT2D eigenvalue weighted by molar-refractivity contribution is 6.74. The van der Waals surface area contributed by atoms with Crippen LogP contribution in [-0.4, -0.2) is 46.2 Å². The van der Waals surface area contributed by atoms with Crippen molar-refractivity contribution in [3.8, 4) is 0 Å². The molecule has 0 spiro atoms. The molecule has 2 heterocycles. The molecule has 236 valence electrons. The molecule has 1 aliphatic carbocycles. The van der Waals surface area contributed by atoms with E-state index in [9.17, 15) is 5.11 Å². The zero-order valence-corrected chi connectivity index (χ0v) is 31.1. The molecule has 2 aliphatic heterocycles. The number of aliphatic hydroxyl groups is 1. The maximum atomic E-state index is 12.7. The van der Waals surface area contributed by atoms with Crippen molar-refractivity contribution in [2.24, 2.45) is 5.41 Å². The van der Waals surface area contributed by atoms with Crippen LogP contribution in [0.25, 0.3) is 5.57 Å². The van der Waals surface area contributed by atoms with Crippen molar-refractivity contribution in [2.45, 2.75) is 147 Å². The zero-order chi connectivity index (χ0) is 31.6. The van der Waals surface area contributed by atoms with Crippen LogP contribution in [0.1, 0.15) is 104 Å². The molecule has 0 amide bonds. The van der Waals surface area contributed by atoms with Gasteiger partial charge in [-0.05, 0) is 96.2 Å². The van der Waals surface area contributed by atoms with E-state index in [1.165, 1.54) is 23.1 Å². The summed E-state index contributed by atoms with van der Waals surface area (Å²) in [5.41, 5.74) is 2.84. The zero-order valence-electron chi connectivity index (χ0n) is 29.1. The second kappa shape index (κ2) is 10.8. The van der Waals surface area contributed by atoms with Gasteiger partial charge in [-0.3, -0.25) is 0 Å². The predicted molar refractivity (Wildman–Crippen MR) is 182 cm³/mol. The molecule has 3 aliphatic rings. The summed E-state index contributed by atoms with van der Waals surface area (Å²) in [6, 6.07) is 6.61. The van der Waals surface area contributed by atoms with Crippen molar-refractivity contribution in [3.05, 3.63) is 53.1 Å². The van der Waals surface area contributed by atoms with Crippen LogP contribution in [0.5, 0.6) is 0 Å². The van der Waals surface area contributed by atoms with Crippen LogP contribution >= 0.6 is 0 Å². The SMILES string of the molecule is Cc1ccc([C@]2(O)C[C@@]3(CO[Si](C)(C)C(C)(C)C)C=C[C@@](CO[Si](C)(C)C(C)(C)C)(C2)O3)cc1C1=CCC(C)(C)CC1. The summed E-state index contributed by atoms with van der Waals surface area (Å²) in [5.74, 6) is 0. The number of hydrogen-bond donors (Lipinski definition) is 1. The number of fused-ring (bicyclic) bond motifs is 2. The van der Waals surface area contributed by atoms with Crippen molar-refractivity contribution in [2.75, 3.05) is 13.2 Å². The van der Waals surface area contributed by atoms with Crippen LogP contribution in [0.2, 0.25) is 36.3 Å². The van der Waals surface area contributed by atoms with Crippen molar-refractivity contribution < 1.29 is 18.7 Å². The van der Waals surface area contributed by atoms with Gasteiger partial charge in [0.1, 0.15) is 11.2 Å². The van der Waals surface area contributed by atoms with Crippen molar-refractivity contribution in [1.29, 1.82) is 0 Å². The summed E-state index contributed by atoms with van der Waals surface area (Å²) >= 11 is 0. The molecule has 1 aromatic carbocycles. The third-order valence-electron chi connectivity index (χ3n) is 11.3. The van der Waals surface area contributed by atoms with E-state index >= 15 is 0 Å². The van der Waals surface area contributed by atoms with Gasteiger partial charge in [-0.2, -0.15) is 0 Å². The van der Waals surface area contributed by atoms with Gasteiger partial charge in [-0.25, -0.2) is 0 Å². The smallest absolute Gasteiger partial charge is 0.192 e. The third-order valence-corrected chi connectivity index (χ3v) is 20.3. The van der Waals surface area contributed by atoms with Crippen LogP contribution in [0.4, 0.5) is 0 Å². The summed E-state index contributed by atoms with van der Waals surface area (Å²) in [7, 11) is -4.07. The van der Waals surface area contributed by atoms with Gasteiger partial charge in [0.25, 0.3) is 0 Å². The number of ether oxygens (including phenoxy) is 1. The van der Waals surface area contributed by atoms with Gasteiger partial charge in [0.05, 0.1) is 18.8 Å². The van der Waals surface area contributed by atoms with Gasteiger partial charge in [0, 0.05) is 12.8 Å².